The average Bonchev–Trinajstić information content (AvgIpc) is 3.12. The van der Waals surface area contributed by atoms with Crippen molar-refractivity contribution in [1.82, 2.24) is 0 Å². The van der Waals surface area contributed by atoms with E-state index in [1.165, 1.54) is 0 Å². The number of benzene rings is 2. The van der Waals surface area contributed by atoms with Crippen molar-refractivity contribution in [3.63, 3.8) is 0 Å². The van der Waals surface area contributed by atoms with Crippen molar-refractivity contribution in [3.8, 4) is 11.5 Å². The molecule has 1 aliphatic heterocycles. The Bertz CT molecular complexity index is 866. The number of furan rings is 1. The van der Waals surface area contributed by atoms with E-state index >= 15 is 0 Å². The van der Waals surface area contributed by atoms with Crippen LogP contribution in [0.3, 0.4) is 0 Å². The van der Waals surface area contributed by atoms with Crippen LogP contribution in [-0.4, -0.2) is 12.6 Å². The molecule has 1 aliphatic rings. The van der Waals surface area contributed by atoms with Crippen LogP contribution in [0.25, 0.3) is 11.0 Å². The molecular weight excluding hydrogens is 336 g/mol. The summed E-state index contributed by atoms with van der Waals surface area (Å²) in [4.78, 5) is 12.5. The Balaban J connectivity index is 1.77. The zero-order valence-corrected chi connectivity index (χ0v) is 12.3. The zero-order chi connectivity index (χ0) is 14.4. The minimum Gasteiger partial charge on any atom is -0.454 e. The summed E-state index contributed by atoms with van der Waals surface area (Å²) in [5.41, 5.74) is 1.18. The monoisotopic (exact) mass is 344 g/mol. The average molecular weight is 345 g/mol. The van der Waals surface area contributed by atoms with Gasteiger partial charge in [0.15, 0.2) is 17.3 Å². The van der Waals surface area contributed by atoms with Crippen LogP contribution >= 0.6 is 15.9 Å². The van der Waals surface area contributed by atoms with Gasteiger partial charge >= 0.3 is 0 Å². The van der Waals surface area contributed by atoms with Gasteiger partial charge in [0.25, 0.3) is 0 Å². The molecule has 0 N–H and O–H groups in total. The summed E-state index contributed by atoms with van der Waals surface area (Å²) in [6.07, 6.45) is 0. The second kappa shape index (κ2) is 4.63. The first-order chi connectivity index (χ1) is 10.2. The number of hydrogen-bond donors (Lipinski definition) is 0. The van der Waals surface area contributed by atoms with Gasteiger partial charge in [0.05, 0.1) is 4.47 Å². The summed E-state index contributed by atoms with van der Waals surface area (Å²) in [6, 6.07) is 12.5. The fraction of sp³-hybridized carbons (Fsp3) is 0.0625. The van der Waals surface area contributed by atoms with Crippen molar-refractivity contribution >= 4 is 32.7 Å². The molecule has 3 aromatic rings. The molecule has 4 rings (SSSR count). The molecule has 0 saturated carbocycles. The van der Waals surface area contributed by atoms with E-state index in [2.05, 4.69) is 15.9 Å². The molecule has 0 aliphatic carbocycles. The predicted octanol–water partition coefficient (Wildman–Crippen LogP) is 4.16. The van der Waals surface area contributed by atoms with Crippen molar-refractivity contribution < 1.29 is 18.7 Å². The number of rotatable bonds is 2. The number of carbonyl (C=O) groups excluding carboxylic acids is 1. The van der Waals surface area contributed by atoms with Crippen LogP contribution in [0.15, 0.2) is 51.4 Å². The van der Waals surface area contributed by atoms with E-state index in [1.54, 1.807) is 24.3 Å². The van der Waals surface area contributed by atoms with Gasteiger partial charge in [-0.05, 0) is 46.3 Å². The van der Waals surface area contributed by atoms with Crippen molar-refractivity contribution in [3.05, 3.63) is 58.3 Å². The first-order valence-electron chi connectivity index (χ1n) is 6.35. The van der Waals surface area contributed by atoms with Gasteiger partial charge in [-0.3, -0.25) is 4.79 Å². The van der Waals surface area contributed by atoms with Gasteiger partial charge in [-0.25, -0.2) is 0 Å². The van der Waals surface area contributed by atoms with Gasteiger partial charge in [-0.15, -0.1) is 0 Å². The van der Waals surface area contributed by atoms with E-state index < -0.39 is 0 Å². The summed E-state index contributed by atoms with van der Waals surface area (Å²) >= 11 is 3.41. The van der Waals surface area contributed by atoms with E-state index in [1.807, 2.05) is 18.2 Å². The molecule has 0 amide bonds. The van der Waals surface area contributed by atoms with Gasteiger partial charge in [-0.1, -0.05) is 12.1 Å². The van der Waals surface area contributed by atoms with Gasteiger partial charge in [0.2, 0.25) is 12.6 Å². The molecule has 21 heavy (non-hydrogen) atoms. The Morgan fingerprint density at radius 2 is 1.90 bits per heavy atom. The van der Waals surface area contributed by atoms with Gasteiger partial charge in [-0.2, -0.15) is 0 Å². The number of carbonyl (C=O) groups is 1. The molecular formula is C16H9BrO4. The Labute approximate surface area is 128 Å². The molecule has 0 bridgehead atoms. The standard InChI is InChI=1S/C16H9BrO4/c17-11-3-1-2-10-7-14(21-16(10)11)15(18)9-4-5-12-13(6-9)20-8-19-12/h1-7H,8H2. The Kier molecular flexibility index (Phi) is 2.75. The van der Waals surface area contributed by atoms with Crippen LogP contribution in [0.1, 0.15) is 16.1 Å². The smallest absolute Gasteiger partial charge is 0.231 e. The molecule has 0 atom stereocenters. The highest BCUT2D eigenvalue weighted by Crippen LogP contribution is 2.34. The quantitative estimate of drug-likeness (QED) is 0.655. The highest BCUT2D eigenvalue weighted by molar-refractivity contribution is 9.10. The number of ketones is 1. The fourth-order valence-electron chi connectivity index (χ4n) is 2.32. The Hall–Kier alpha value is -2.27. The summed E-state index contributed by atoms with van der Waals surface area (Å²) in [5.74, 6) is 1.35. The van der Waals surface area contributed by atoms with Gasteiger partial charge in [0, 0.05) is 10.9 Å². The molecule has 5 heteroatoms. The largest absolute Gasteiger partial charge is 0.454 e. The summed E-state index contributed by atoms with van der Waals surface area (Å²) in [7, 11) is 0. The molecule has 4 nitrogen and oxygen atoms in total. The number of halogens is 1. The molecule has 2 aromatic carbocycles. The second-order valence-corrected chi connectivity index (χ2v) is 5.52. The van der Waals surface area contributed by atoms with Gasteiger partial charge in [0.1, 0.15) is 5.58 Å². The number of para-hydroxylation sites is 1. The van der Waals surface area contributed by atoms with Crippen molar-refractivity contribution in [2.24, 2.45) is 0 Å². The molecule has 104 valence electrons. The van der Waals surface area contributed by atoms with E-state index in [-0.39, 0.29) is 12.6 Å². The maximum Gasteiger partial charge on any atom is 0.231 e. The SMILES string of the molecule is O=C(c1ccc2c(c1)OCO2)c1cc2cccc(Br)c2o1. The van der Waals surface area contributed by atoms with Crippen LogP contribution in [0.2, 0.25) is 0 Å². The Morgan fingerprint density at radius 3 is 2.76 bits per heavy atom. The minimum absolute atomic E-state index is 0.184. The van der Waals surface area contributed by atoms with Crippen LogP contribution in [0.4, 0.5) is 0 Å². The molecule has 0 radical (unpaired) electrons. The molecule has 0 fully saturated rings. The lowest BCUT2D eigenvalue weighted by Crippen LogP contribution is -1.99. The summed E-state index contributed by atoms with van der Waals surface area (Å²) < 4.78 is 17.0. The number of fused-ring (bicyclic) bond motifs is 2. The van der Waals surface area contributed by atoms with E-state index in [4.69, 9.17) is 13.9 Å². The highest BCUT2D eigenvalue weighted by Gasteiger charge is 2.20. The van der Waals surface area contributed by atoms with E-state index in [0.717, 1.165) is 9.86 Å². The molecule has 1 aromatic heterocycles. The van der Waals surface area contributed by atoms with Crippen LogP contribution < -0.4 is 9.47 Å². The van der Waals surface area contributed by atoms with Crippen LogP contribution in [-0.2, 0) is 0 Å². The topological polar surface area (TPSA) is 48.7 Å². The first kappa shape index (κ1) is 12.5. The lowest BCUT2D eigenvalue weighted by atomic mass is 10.1. The Morgan fingerprint density at radius 1 is 1.05 bits per heavy atom. The van der Waals surface area contributed by atoms with E-state index in [0.29, 0.717) is 28.4 Å². The third-order valence-electron chi connectivity index (χ3n) is 3.35. The molecule has 0 spiro atoms. The fourth-order valence-corrected chi connectivity index (χ4v) is 2.78. The first-order valence-corrected chi connectivity index (χ1v) is 7.14. The normalized spacial score (nSPS) is 12.8. The maximum absolute atomic E-state index is 12.5. The molecule has 2 heterocycles. The van der Waals surface area contributed by atoms with Crippen molar-refractivity contribution in [1.29, 1.82) is 0 Å². The minimum atomic E-state index is -0.184. The van der Waals surface area contributed by atoms with Crippen molar-refractivity contribution in [2.45, 2.75) is 0 Å². The van der Waals surface area contributed by atoms with Crippen molar-refractivity contribution in [2.75, 3.05) is 6.79 Å². The van der Waals surface area contributed by atoms with Gasteiger partial charge < -0.3 is 13.9 Å². The third-order valence-corrected chi connectivity index (χ3v) is 3.98. The lowest BCUT2D eigenvalue weighted by Gasteiger charge is -2.00. The maximum atomic E-state index is 12.5. The zero-order valence-electron chi connectivity index (χ0n) is 10.8. The summed E-state index contributed by atoms with van der Waals surface area (Å²) in [6.45, 7) is 0.185. The number of ether oxygens (including phenoxy) is 2. The predicted molar refractivity (Wildman–Crippen MR) is 79.9 cm³/mol. The number of hydrogen-bond acceptors (Lipinski definition) is 4. The molecule has 0 saturated heterocycles. The second-order valence-electron chi connectivity index (χ2n) is 4.67. The lowest BCUT2D eigenvalue weighted by molar-refractivity contribution is 0.101. The highest BCUT2D eigenvalue weighted by atomic mass is 79.9. The summed E-state index contributed by atoms with van der Waals surface area (Å²) in [5, 5.41) is 0.883. The van der Waals surface area contributed by atoms with Crippen LogP contribution in [0, 0.1) is 0 Å². The van der Waals surface area contributed by atoms with Crippen LogP contribution in [0.5, 0.6) is 11.5 Å². The van der Waals surface area contributed by atoms with E-state index in [9.17, 15) is 4.79 Å². The molecule has 0 unspecified atom stereocenters. The third kappa shape index (κ3) is 2.01.